The van der Waals surface area contributed by atoms with E-state index in [1.165, 1.54) is 5.57 Å². The van der Waals surface area contributed by atoms with Crippen LogP contribution in [0.4, 0.5) is 0 Å². The van der Waals surface area contributed by atoms with Gasteiger partial charge in [-0.3, -0.25) is 4.99 Å². The lowest BCUT2D eigenvalue weighted by Gasteiger charge is -1.99. The van der Waals surface area contributed by atoms with Crippen LogP contribution in [0.5, 0.6) is 0 Å². The van der Waals surface area contributed by atoms with Gasteiger partial charge in [-0.15, -0.1) is 0 Å². The smallest absolute Gasteiger partial charge is 0.0369 e. The van der Waals surface area contributed by atoms with Crippen LogP contribution in [-0.4, -0.2) is 5.71 Å². The van der Waals surface area contributed by atoms with Gasteiger partial charge in [-0.05, 0) is 32.8 Å². The molecule has 0 fully saturated rings. The molecule has 0 amide bonds. The van der Waals surface area contributed by atoms with Crippen LogP contribution in [0.25, 0.3) is 0 Å². The van der Waals surface area contributed by atoms with Crippen LogP contribution in [0.3, 0.4) is 0 Å². The number of aliphatic imine (C=N–C) groups is 1. The SMILES string of the molecule is C/C1=C/N=C(C)/C=C\CC1. The number of allylic oxidation sites excluding steroid dienone is 3. The van der Waals surface area contributed by atoms with Crippen molar-refractivity contribution >= 4 is 5.71 Å². The van der Waals surface area contributed by atoms with E-state index in [4.69, 9.17) is 0 Å². The Hall–Kier alpha value is -0.850. The molecule has 1 aliphatic heterocycles. The van der Waals surface area contributed by atoms with Crippen LogP contribution in [0.1, 0.15) is 26.7 Å². The minimum absolute atomic E-state index is 1.10. The molecule has 0 unspecified atom stereocenters. The third-order valence-electron chi connectivity index (χ3n) is 1.55. The van der Waals surface area contributed by atoms with Crippen LogP contribution in [0.15, 0.2) is 28.9 Å². The summed E-state index contributed by atoms with van der Waals surface area (Å²) in [5.41, 5.74) is 2.46. The fraction of sp³-hybridized carbons (Fsp3) is 0.444. The van der Waals surface area contributed by atoms with Crippen LogP contribution in [0.2, 0.25) is 0 Å². The minimum Gasteiger partial charge on any atom is -0.262 e. The van der Waals surface area contributed by atoms with Crippen molar-refractivity contribution < 1.29 is 0 Å². The predicted molar refractivity (Wildman–Crippen MR) is 45.2 cm³/mol. The summed E-state index contributed by atoms with van der Waals surface area (Å²) >= 11 is 0. The summed E-state index contributed by atoms with van der Waals surface area (Å²) < 4.78 is 0. The Morgan fingerprint density at radius 3 is 3.00 bits per heavy atom. The molecule has 0 aliphatic carbocycles. The van der Waals surface area contributed by atoms with Gasteiger partial charge in [0.15, 0.2) is 0 Å². The van der Waals surface area contributed by atoms with Crippen molar-refractivity contribution in [2.75, 3.05) is 0 Å². The fourth-order valence-electron chi connectivity index (χ4n) is 0.884. The normalized spacial score (nSPS) is 32.6. The Bertz CT molecular complexity index is 197. The van der Waals surface area contributed by atoms with Gasteiger partial charge in [0.05, 0.1) is 0 Å². The molecular formula is C9H13N. The van der Waals surface area contributed by atoms with Gasteiger partial charge in [0, 0.05) is 11.9 Å². The molecule has 0 N–H and O–H groups in total. The minimum atomic E-state index is 1.10. The summed E-state index contributed by atoms with van der Waals surface area (Å²) in [6.07, 6.45) is 8.50. The van der Waals surface area contributed by atoms with E-state index < -0.39 is 0 Å². The van der Waals surface area contributed by atoms with Crippen molar-refractivity contribution in [3.8, 4) is 0 Å². The molecule has 0 spiro atoms. The Labute approximate surface area is 62.2 Å². The fourth-order valence-corrected chi connectivity index (χ4v) is 0.884. The predicted octanol–water partition coefficient (Wildman–Crippen LogP) is 2.70. The molecule has 54 valence electrons. The van der Waals surface area contributed by atoms with Gasteiger partial charge in [-0.2, -0.15) is 0 Å². The van der Waals surface area contributed by atoms with Crippen molar-refractivity contribution in [1.29, 1.82) is 0 Å². The number of hydrogen-bond donors (Lipinski definition) is 0. The quantitative estimate of drug-likeness (QED) is 0.484. The summed E-state index contributed by atoms with van der Waals surface area (Å²) in [4.78, 5) is 4.23. The molecule has 0 aromatic heterocycles. The van der Waals surface area contributed by atoms with E-state index in [1.807, 2.05) is 13.1 Å². The van der Waals surface area contributed by atoms with Crippen LogP contribution >= 0.6 is 0 Å². The third kappa shape index (κ3) is 2.18. The second kappa shape index (κ2) is 3.35. The maximum absolute atomic E-state index is 4.23. The van der Waals surface area contributed by atoms with E-state index >= 15 is 0 Å². The first kappa shape index (κ1) is 7.26. The number of hydrogen-bond acceptors (Lipinski definition) is 1. The zero-order chi connectivity index (χ0) is 7.40. The maximum atomic E-state index is 4.23. The molecule has 0 radical (unpaired) electrons. The molecule has 1 nitrogen and oxygen atoms in total. The van der Waals surface area contributed by atoms with E-state index in [0.29, 0.717) is 0 Å². The second-order valence-corrected chi connectivity index (χ2v) is 2.69. The lowest BCUT2D eigenvalue weighted by atomic mass is 10.1. The van der Waals surface area contributed by atoms with E-state index in [1.54, 1.807) is 0 Å². The largest absolute Gasteiger partial charge is 0.262 e. The highest BCUT2D eigenvalue weighted by atomic mass is 14.7. The monoisotopic (exact) mass is 135 g/mol. The van der Waals surface area contributed by atoms with E-state index in [-0.39, 0.29) is 0 Å². The lowest BCUT2D eigenvalue weighted by Crippen LogP contribution is -1.86. The molecule has 1 heteroatoms. The average molecular weight is 135 g/mol. The van der Waals surface area contributed by atoms with E-state index in [2.05, 4.69) is 24.1 Å². The summed E-state index contributed by atoms with van der Waals surface area (Å²) in [5.74, 6) is 0. The molecule has 1 rings (SSSR count). The maximum Gasteiger partial charge on any atom is 0.0369 e. The van der Waals surface area contributed by atoms with Crippen molar-refractivity contribution in [2.45, 2.75) is 26.7 Å². The molecular weight excluding hydrogens is 122 g/mol. The van der Waals surface area contributed by atoms with Gasteiger partial charge in [-0.1, -0.05) is 11.6 Å². The van der Waals surface area contributed by atoms with Gasteiger partial charge in [0.1, 0.15) is 0 Å². The Morgan fingerprint density at radius 1 is 1.40 bits per heavy atom. The summed E-state index contributed by atoms with van der Waals surface area (Å²) in [6.45, 7) is 4.14. The number of nitrogens with zero attached hydrogens (tertiary/aromatic N) is 1. The first-order valence-electron chi connectivity index (χ1n) is 3.65. The second-order valence-electron chi connectivity index (χ2n) is 2.69. The van der Waals surface area contributed by atoms with Crippen LogP contribution < -0.4 is 0 Å². The summed E-state index contributed by atoms with van der Waals surface area (Å²) in [6, 6.07) is 0. The van der Waals surface area contributed by atoms with Gasteiger partial charge in [0.25, 0.3) is 0 Å². The van der Waals surface area contributed by atoms with Crippen molar-refractivity contribution in [2.24, 2.45) is 4.99 Å². The van der Waals surface area contributed by atoms with Crippen LogP contribution in [0, 0.1) is 0 Å². The Kier molecular flexibility index (Phi) is 2.43. The van der Waals surface area contributed by atoms with E-state index in [0.717, 1.165) is 18.6 Å². The Morgan fingerprint density at radius 2 is 2.20 bits per heavy atom. The summed E-state index contributed by atoms with van der Waals surface area (Å²) in [7, 11) is 0. The van der Waals surface area contributed by atoms with Gasteiger partial charge in [0.2, 0.25) is 0 Å². The molecule has 0 aromatic rings. The van der Waals surface area contributed by atoms with Crippen molar-refractivity contribution in [3.05, 3.63) is 23.9 Å². The first-order valence-corrected chi connectivity index (χ1v) is 3.65. The van der Waals surface area contributed by atoms with Crippen LogP contribution in [-0.2, 0) is 0 Å². The highest BCUT2D eigenvalue weighted by molar-refractivity contribution is 5.93. The molecule has 10 heavy (non-hydrogen) atoms. The summed E-state index contributed by atoms with van der Waals surface area (Å²) in [5, 5.41) is 0. The van der Waals surface area contributed by atoms with Gasteiger partial charge >= 0.3 is 0 Å². The Balaban J connectivity index is 2.75. The molecule has 0 aromatic carbocycles. The molecule has 0 saturated heterocycles. The van der Waals surface area contributed by atoms with Gasteiger partial charge < -0.3 is 0 Å². The van der Waals surface area contributed by atoms with Crippen molar-refractivity contribution in [1.82, 2.24) is 0 Å². The zero-order valence-corrected chi connectivity index (χ0v) is 6.59. The standard InChI is InChI=1S/C9H13N/c1-8-5-3-4-6-9(2)10-7-8/h4,6-7H,3,5H2,1-2H3/b6-4-,8-7-,10-9+. The van der Waals surface area contributed by atoms with E-state index in [9.17, 15) is 0 Å². The average Bonchev–Trinajstić information content (AvgIpc) is 1.90. The zero-order valence-electron chi connectivity index (χ0n) is 6.59. The molecule has 0 saturated carbocycles. The topological polar surface area (TPSA) is 12.4 Å². The van der Waals surface area contributed by atoms with Gasteiger partial charge in [-0.25, -0.2) is 0 Å². The van der Waals surface area contributed by atoms with Crippen molar-refractivity contribution in [3.63, 3.8) is 0 Å². The highest BCUT2D eigenvalue weighted by Gasteiger charge is 1.90. The number of rotatable bonds is 0. The molecule has 1 heterocycles. The first-order chi connectivity index (χ1) is 4.79. The lowest BCUT2D eigenvalue weighted by molar-refractivity contribution is 0.968. The highest BCUT2D eigenvalue weighted by Crippen LogP contribution is 2.07. The molecule has 1 aliphatic rings. The molecule has 0 bridgehead atoms. The molecule has 0 atom stereocenters. The third-order valence-corrected chi connectivity index (χ3v) is 1.55.